The van der Waals surface area contributed by atoms with E-state index in [0.717, 1.165) is 6.54 Å². The van der Waals surface area contributed by atoms with Crippen LogP contribution >= 0.6 is 0 Å². The maximum atomic E-state index is 6.11. The molecule has 0 aliphatic rings. The Labute approximate surface area is 114 Å². The second-order valence-corrected chi connectivity index (χ2v) is 4.67. The molecule has 2 N–H and O–H groups in total. The third-order valence-electron chi connectivity index (χ3n) is 2.73. The van der Waals surface area contributed by atoms with E-state index in [9.17, 15) is 0 Å². The molecule has 108 valence electrons. The molecule has 0 radical (unpaired) electrons. The Balaban J connectivity index is 3.04. The number of aromatic nitrogens is 2. The highest BCUT2D eigenvalue weighted by atomic mass is 16.5. The van der Waals surface area contributed by atoms with Gasteiger partial charge in [0.05, 0.1) is 18.8 Å². The van der Waals surface area contributed by atoms with Crippen molar-refractivity contribution in [3.63, 3.8) is 0 Å². The summed E-state index contributed by atoms with van der Waals surface area (Å²) >= 11 is 0. The number of anilines is 2. The van der Waals surface area contributed by atoms with Crippen LogP contribution in [0.5, 0.6) is 5.88 Å². The Hall–Kier alpha value is -1.56. The molecule has 0 fully saturated rings. The first-order chi connectivity index (χ1) is 9.01. The van der Waals surface area contributed by atoms with E-state index >= 15 is 0 Å². The van der Waals surface area contributed by atoms with E-state index in [1.54, 1.807) is 7.11 Å². The van der Waals surface area contributed by atoms with Gasteiger partial charge in [-0.25, -0.2) is 4.98 Å². The second kappa shape index (κ2) is 7.13. The first-order valence-corrected chi connectivity index (χ1v) is 6.53. The zero-order chi connectivity index (χ0) is 14.4. The average Bonchev–Trinajstić information content (AvgIpc) is 2.34. The first kappa shape index (κ1) is 15.5. The molecule has 1 unspecified atom stereocenters. The molecule has 1 aromatic heterocycles. The van der Waals surface area contributed by atoms with Crippen molar-refractivity contribution in [2.24, 2.45) is 0 Å². The number of ether oxygens (including phenoxy) is 2. The number of nitrogens with two attached hydrogens (primary N) is 1. The highest BCUT2D eigenvalue weighted by molar-refractivity contribution is 5.68. The maximum absolute atomic E-state index is 6.11. The lowest BCUT2D eigenvalue weighted by Gasteiger charge is -2.29. The molecule has 1 heterocycles. The summed E-state index contributed by atoms with van der Waals surface area (Å²) in [6, 6.07) is 0.180. The Morgan fingerprint density at radius 3 is 2.53 bits per heavy atom. The largest absolute Gasteiger partial charge is 0.473 e. The minimum Gasteiger partial charge on any atom is -0.473 e. The van der Waals surface area contributed by atoms with Crippen molar-refractivity contribution >= 4 is 11.5 Å². The van der Waals surface area contributed by atoms with E-state index in [-0.39, 0.29) is 12.1 Å². The van der Waals surface area contributed by atoms with Crippen molar-refractivity contribution in [1.82, 2.24) is 9.97 Å². The number of hydrogen-bond acceptors (Lipinski definition) is 6. The topological polar surface area (TPSA) is 73.5 Å². The summed E-state index contributed by atoms with van der Waals surface area (Å²) in [6.07, 6.45) is 1.50. The maximum Gasteiger partial charge on any atom is 0.242 e. The number of methoxy groups -OCH3 is 1. The van der Waals surface area contributed by atoms with Crippen LogP contribution in [-0.4, -0.2) is 42.4 Å². The summed E-state index contributed by atoms with van der Waals surface area (Å²) in [5.41, 5.74) is 6.58. The van der Waals surface area contributed by atoms with E-state index in [1.807, 2.05) is 13.8 Å². The number of rotatable bonds is 7. The highest BCUT2D eigenvalue weighted by Gasteiger charge is 2.19. The molecular weight excluding hydrogens is 244 g/mol. The summed E-state index contributed by atoms with van der Waals surface area (Å²) in [5, 5.41) is 0. The predicted octanol–water partition coefficient (Wildman–Crippen LogP) is 1.71. The molecule has 0 saturated carbocycles. The molecule has 0 aliphatic heterocycles. The van der Waals surface area contributed by atoms with Crippen molar-refractivity contribution in [1.29, 1.82) is 0 Å². The Morgan fingerprint density at radius 2 is 2.00 bits per heavy atom. The molecule has 0 bridgehead atoms. The van der Waals surface area contributed by atoms with E-state index in [2.05, 4.69) is 28.7 Å². The lowest BCUT2D eigenvalue weighted by molar-refractivity contribution is 0.181. The zero-order valence-electron chi connectivity index (χ0n) is 12.4. The first-order valence-electron chi connectivity index (χ1n) is 6.53. The van der Waals surface area contributed by atoms with Gasteiger partial charge in [0.1, 0.15) is 12.0 Å². The van der Waals surface area contributed by atoms with Gasteiger partial charge < -0.3 is 20.1 Å². The Bertz CT molecular complexity index is 398. The molecule has 1 atom stereocenters. The molecular formula is C13H24N4O2. The molecule has 0 amide bonds. The fourth-order valence-electron chi connectivity index (χ4n) is 1.92. The molecule has 0 spiro atoms. The van der Waals surface area contributed by atoms with Crippen LogP contribution in [0.3, 0.4) is 0 Å². The van der Waals surface area contributed by atoms with E-state index in [4.69, 9.17) is 15.2 Å². The van der Waals surface area contributed by atoms with Crippen LogP contribution in [0.2, 0.25) is 0 Å². The minimum absolute atomic E-state index is 0.0246. The quantitative estimate of drug-likeness (QED) is 0.811. The minimum atomic E-state index is 0.0246. The standard InChI is InChI=1S/C13H24N4O2/c1-6-17(10(4)7-18-5)12-11(14)13(16-8-15-12)19-9(2)3/h8-10H,6-7,14H2,1-5H3. The Morgan fingerprint density at radius 1 is 1.32 bits per heavy atom. The van der Waals surface area contributed by atoms with Crippen LogP contribution in [0.4, 0.5) is 11.5 Å². The van der Waals surface area contributed by atoms with Crippen molar-refractivity contribution in [2.75, 3.05) is 30.9 Å². The summed E-state index contributed by atoms with van der Waals surface area (Å²) < 4.78 is 10.8. The number of hydrogen-bond donors (Lipinski definition) is 1. The van der Waals surface area contributed by atoms with Gasteiger partial charge in [0.15, 0.2) is 5.82 Å². The van der Waals surface area contributed by atoms with Crippen molar-refractivity contribution in [3.8, 4) is 5.88 Å². The normalized spacial score (nSPS) is 12.5. The van der Waals surface area contributed by atoms with Gasteiger partial charge >= 0.3 is 0 Å². The molecule has 0 aliphatic carbocycles. The average molecular weight is 268 g/mol. The van der Waals surface area contributed by atoms with Gasteiger partial charge in [0.2, 0.25) is 5.88 Å². The predicted molar refractivity (Wildman–Crippen MR) is 76.6 cm³/mol. The molecule has 1 aromatic rings. The number of nitrogen functional groups attached to an aromatic ring is 1. The SMILES string of the molecule is CCN(c1ncnc(OC(C)C)c1N)C(C)COC. The van der Waals surface area contributed by atoms with Gasteiger partial charge in [-0.05, 0) is 27.7 Å². The monoisotopic (exact) mass is 268 g/mol. The van der Waals surface area contributed by atoms with Gasteiger partial charge in [0.25, 0.3) is 0 Å². The Kier molecular flexibility index (Phi) is 5.82. The van der Waals surface area contributed by atoms with Gasteiger partial charge in [-0.1, -0.05) is 0 Å². The fourth-order valence-corrected chi connectivity index (χ4v) is 1.92. The van der Waals surface area contributed by atoms with Crippen LogP contribution in [-0.2, 0) is 4.74 Å². The number of nitrogens with zero attached hydrogens (tertiary/aromatic N) is 3. The van der Waals surface area contributed by atoms with E-state index in [1.165, 1.54) is 6.33 Å². The smallest absolute Gasteiger partial charge is 0.242 e. The summed E-state index contributed by atoms with van der Waals surface area (Å²) in [6.45, 7) is 9.39. The van der Waals surface area contributed by atoms with E-state index in [0.29, 0.717) is 24.0 Å². The molecule has 1 rings (SSSR count). The van der Waals surface area contributed by atoms with Gasteiger partial charge in [-0.15, -0.1) is 0 Å². The van der Waals surface area contributed by atoms with Crippen LogP contribution < -0.4 is 15.4 Å². The highest BCUT2D eigenvalue weighted by Crippen LogP contribution is 2.29. The van der Waals surface area contributed by atoms with Crippen molar-refractivity contribution in [2.45, 2.75) is 39.8 Å². The van der Waals surface area contributed by atoms with Crippen LogP contribution in [0.15, 0.2) is 6.33 Å². The third kappa shape index (κ3) is 3.96. The second-order valence-electron chi connectivity index (χ2n) is 4.67. The van der Waals surface area contributed by atoms with Crippen LogP contribution in [0.25, 0.3) is 0 Å². The van der Waals surface area contributed by atoms with Crippen molar-refractivity contribution in [3.05, 3.63) is 6.33 Å². The lowest BCUT2D eigenvalue weighted by Crippen LogP contribution is -2.37. The summed E-state index contributed by atoms with van der Waals surface area (Å²) in [7, 11) is 1.68. The van der Waals surface area contributed by atoms with E-state index < -0.39 is 0 Å². The zero-order valence-corrected chi connectivity index (χ0v) is 12.4. The molecule has 6 heteroatoms. The van der Waals surface area contributed by atoms with Gasteiger partial charge in [0, 0.05) is 13.7 Å². The van der Waals surface area contributed by atoms with Crippen molar-refractivity contribution < 1.29 is 9.47 Å². The molecule has 6 nitrogen and oxygen atoms in total. The summed E-state index contributed by atoms with van der Waals surface area (Å²) in [5.74, 6) is 1.13. The lowest BCUT2D eigenvalue weighted by atomic mass is 10.2. The van der Waals surface area contributed by atoms with Gasteiger partial charge in [-0.2, -0.15) is 4.98 Å². The molecule has 0 aromatic carbocycles. The number of likely N-dealkylation sites (N-methyl/N-ethyl adjacent to an activating group) is 1. The summed E-state index contributed by atoms with van der Waals surface area (Å²) in [4.78, 5) is 10.4. The molecule has 19 heavy (non-hydrogen) atoms. The van der Waals surface area contributed by atoms with Crippen LogP contribution in [0.1, 0.15) is 27.7 Å². The molecule has 0 saturated heterocycles. The fraction of sp³-hybridized carbons (Fsp3) is 0.692. The third-order valence-corrected chi connectivity index (χ3v) is 2.73. The van der Waals surface area contributed by atoms with Crippen LogP contribution in [0, 0.1) is 0 Å². The van der Waals surface area contributed by atoms with Gasteiger partial charge in [-0.3, -0.25) is 0 Å².